The van der Waals surface area contributed by atoms with Crippen LogP contribution in [0.25, 0.3) is 11.3 Å². The molecule has 0 fully saturated rings. The number of hydrogen-bond donors (Lipinski definition) is 1. The second kappa shape index (κ2) is 7.10. The van der Waals surface area contributed by atoms with Crippen molar-refractivity contribution in [3.8, 4) is 11.3 Å². The summed E-state index contributed by atoms with van der Waals surface area (Å²) in [4.78, 5) is 19.7. The number of thioether (sulfide) groups is 1. The van der Waals surface area contributed by atoms with Crippen LogP contribution in [0, 0.1) is 0 Å². The van der Waals surface area contributed by atoms with Crippen LogP contribution in [0.15, 0.2) is 58.3 Å². The number of fused-ring (bicyclic) bond motifs is 3. The first-order valence-corrected chi connectivity index (χ1v) is 11.8. The van der Waals surface area contributed by atoms with Crippen molar-refractivity contribution in [2.45, 2.75) is 22.5 Å². The van der Waals surface area contributed by atoms with Gasteiger partial charge >= 0.3 is 0 Å². The standard InChI is InChI=1S/C19H16N2O3S3/c1-2-27(23,24)13-9-7-12(8-10-13)18(22)21-19-20-17-14-5-3-4-6-15(14)25-11-16(17)26-19/h3-10H,2,11H2,1H3,(H,20,21,22). The molecular weight excluding hydrogens is 400 g/mol. The van der Waals surface area contributed by atoms with E-state index in [0.29, 0.717) is 10.7 Å². The highest BCUT2D eigenvalue weighted by molar-refractivity contribution is 7.98. The second-order valence-electron chi connectivity index (χ2n) is 5.96. The van der Waals surface area contributed by atoms with Crippen molar-refractivity contribution >= 4 is 44.0 Å². The highest BCUT2D eigenvalue weighted by Gasteiger charge is 2.22. The second-order valence-corrected chi connectivity index (χ2v) is 10.3. The average Bonchev–Trinajstić information content (AvgIpc) is 3.11. The zero-order valence-corrected chi connectivity index (χ0v) is 16.9. The molecular formula is C19H16N2O3S3. The summed E-state index contributed by atoms with van der Waals surface area (Å²) in [5.41, 5.74) is 2.41. The lowest BCUT2D eigenvalue weighted by Crippen LogP contribution is -2.12. The molecule has 27 heavy (non-hydrogen) atoms. The van der Waals surface area contributed by atoms with Crippen LogP contribution in [0.4, 0.5) is 5.13 Å². The van der Waals surface area contributed by atoms with Gasteiger partial charge in [-0.15, -0.1) is 23.1 Å². The molecule has 2 heterocycles. The Balaban J connectivity index is 1.56. The molecule has 138 valence electrons. The van der Waals surface area contributed by atoms with E-state index < -0.39 is 9.84 Å². The van der Waals surface area contributed by atoms with Crippen molar-refractivity contribution in [3.63, 3.8) is 0 Å². The predicted octanol–water partition coefficient (Wildman–Crippen LogP) is 4.46. The van der Waals surface area contributed by atoms with E-state index in [1.54, 1.807) is 18.7 Å². The minimum atomic E-state index is -3.27. The fourth-order valence-corrected chi connectivity index (χ4v) is 5.78. The number of aromatic nitrogens is 1. The largest absolute Gasteiger partial charge is 0.298 e. The number of carbonyl (C=O) groups is 1. The molecule has 2 aromatic carbocycles. The van der Waals surface area contributed by atoms with E-state index in [2.05, 4.69) is 16.4 Å². The maximum atomic E-state index is 12.5. The summed E-state index contributed by atoms with van der Waals surface area (Å²) >= 11 is 3.24. The van der Waals surface area contributed by atoms with Gasteiger partial charge in [0.15, 0.2) is 15.0 Å². The van der Waals surface area contributed by atoms with Gasteiger partial charge in [-0.3, -0.25) is 10.1 Å². The molecule has 0 saturated carbocycles. The number of nitrogens with zero attached hydrogens (tertiary/aromatic N) is 1. The molecule has 1 aliphatic heterocycles. The Kier molecular flexibility index (Phi) is 4.79. The molecule has 0 aliphatic carbocycles. The van der Waals surface area contributed by atoms with E-state index in [4.69, 9.17) is 0 Å². The number of nitrogens with one attached hydrogen (secondary N) is 1. The minimum absolute atomic E-state index is 0.0305. The maximum Gasteiger partial charge on any atom is 0.257 e. The number of rotatable bonds is 4. The third-order valence-corrected chi connectivity index (χ3v) is 8.28. The number of amides is 1. The van der Waals surface area contributed by atoms with E-state index >= 15 is 0 Å². The zero-order chi connectivity index (χ0) is 19.0. The first-order valence-electron chi connectivity index (χ1n) is 8.34. The number of carbonyl (C=O) groups excluding carboxylic acids is 1. The lowest BCUT2D eigenvalue weighted by atomic mass is 10.1. The molecule has 0 spiro atoms. The van der Waals surface area contributed by atoms with Gasteiger partial charge in [-0.2, -0.15) is 0 Å². The van der Waals surface area contributed by atoms with Crippen LogP contribution in [-0.4, -0.2) is 25.1 Å². The van der Waals surface area contributed by atoms with Crippen molar-refractivity contribution < 1.29 is 13.2 Å². The number of benzene rings is 2. The quantitative estimate of drug-likeness (QED) is 0.679. The van der Waals surface area contributed by atoms with Crippen LogP contribution in [0.3, 0.4) is 0 Å². The summed E-state index contributed by atoms with van der Waals surface area (Å²) in [6, 6.07) is 14.1. The molecule has 8 heteroatoms. The Bertz CT molecular complexity index is 1120. The van der Waals surface area contributed by atoms with Crippen molar-refractivity contribution in [2.75, 3.05) is 11.1 Å². The van der Waals surface area contributed by atoms with Crippen LogP contribution >= 0.6 is 23.1 Å². The maximum absolute atomic E-state index is 12.5. The van der Waals surface area contributed by atoms with Gasteiger partial charge in [-0.25, -0.2) is 13.4 Å². The van der Waals surface area contributed by atoms with Gasteiger partial charge in [0.1, 0.15) is 0 Å². The summed E-state index contributed by atoms with van der Waals surface area (Å²) in [5, 5.41) is 3.38. The van der Waals surface area contributed by atoms with Crippen LogP contribution in [0.2, 0.25) is 0 Å². The zero-order valence-electron chi connectivity index (χ0n) is 14.4. The Hall–Kier alpha value is -2.16. The third-order valence-electron chi connectivity index (χ3n) is 4.27. The number of sulfone groups is 1. The molecule has 0 saturated heterocycles. The van der Waals surface area contributed by atoms with Crippen LogP contribution in [0.1, 0.15) is 22.2 Å². The lowest BCUT2D eigenvalue weighted by Gasteiger charge is -2.13. The van der Waals surface area contributed by atoms with Gasteiger partial charge in [-0.05, 0) is 30.3 Å². The Morgan fingerprint density at radius 3 is 2.63 bits per heavy atom. The SMILES string of the molecule is CCS(=O)(=O)c1ccc(C(=O)Nc2nc3c(s2)CSc2ccccc2-3)cc1. The molecule has 1 amide bonds. The fraction of sp³-hybridized carbons (Fsp3) is 0.158. The van der Waals surface area contributed by atoms with Gasteiger partial charge < -0.3 is 0 Å². The Morgan fingerprint density at radius 1 is 1.15 bits per heavy atom. The molecule has 4 rings (SSSR count). The van der Waals surface area contributed by atoms with E-state index in [9.17, 15) is 13.2 Å². The van der Waals surface area contributed by atoms with Crippen LogP contribution < -0.4 is 5.32 Å². The Morgan fingerprint density at radius 2 is 1.89 bits per heavy atom. The van der Waals surface area contributed by atoms with Crippen molar-refractivity contribution in [3.05, 3.63) is 59.0 Å². The molecule has 5 nitrogen and oxygen atoms in total. The minimum Gasteiger partial charge on any atom is -0.298 e. The summed E-state index contributed by atoms with van der Waals surface area (Å²) in [5.74, 6) is 0.564. The molecule has 0 unspecified atom stereocenters. The summed E-state index contributed by atoms with van der Waals surface area (Å²) in [6.45, 7) is 1.59. The van der Waals surface area contributed by atoms with Gasteiger partial charge in [0.25, 0.3) is 5.91 Å². The van der Waals surface area contributed by atoms with Gasteiger partial charge in [0.2, 0.25) is 0 Å². The normalized spacial score (nSPS) is 12.9. The van der Waals surface area contributed by atoms with E-state index in [1.165, 1.54) is 40.5 Å². The van der Waals surface area contributed by atoms with Crippen molar-refractivity contribution in [1.29, 1.82) is 0 Å². The van der Waals surface area contributed by atoms with E-state index in [0.717, 1.165) is 21.9 Å². The van der Waals surface area contributed by atoms with Gasteiger partial charge in [0.05, 0.1) is 16.3 Å². The monoisotopic (exact) mass is 416 g/mol. The fourth-order valence-electron chi connectivity index (χ4n) is 2.79. The van der Waals surface area contributed by atoms with Gasteiger partial charge in [0, 0.05) is 26.7 Å². The smallest absolute Gasteiger partial charge is 0.257 e. The van der Waals surface area contributed by atoms with E-state index in [1.807, 2.05) is 18.2 Å². The van der Waals surface area contributed by atoms with Crippen LogP contribution in [0.5, 0.6) is 0 Å². The summed E-state index contributed by atoms with van der Waals surface area (Å²) < 4.78 is 23.8. The molecule has 0 radical (unpaired) electrons. The first-order chi connectivity index (χ1) is 13.0. The highest BCUT2D eigenvalue weighted by atomic mass is 32.2. The molecule has 3 aromatic rings. The van der Waals surface area contributed by atoms with Crippen LogP contribution in [-0.2, 0) is 15.6 Å². The molecule has 0 bridgehead atoms. The highest BCUT2D eigenvalue weighted by Crippen LogP contribution is 2.44. The lowest BCUT2D eigenvalue weighted by molar-refractivity contribution is 0.102. The Labute approximate surface area is 165 Å². The topological polar surface area (TPSA) is 76.1 Å². The number of thiazole rings is 1. The molecule has 1 N–H and O–H groups in total. The molecule has 0 atom stereocenters. The van der Waals surface area contributed by atoms with Crippen molar-refractivity contribution in [1.82, 2.24) is 4.98 Å². The predicted molar refractivity (Wildman–Crippen MR) is 109 cm³/mol. The summed E-state index contributed by atoms with van der Waals surface area (Å²) in [6.07, 6.45) is 0. The van der Waals surface area contributed by atoms with Crippen molar-refractivity contribution in [2.24, 2.45) is 0 Å². The third kappa shape index (κ3) is 3.52. The molecule has 1 aromatic heterocycles. The summed E-state index contributed by atoms with van der Waals surface area (Å²) in [7, 11) is -3.27. The van der Waals surface area contributed by atoms with Gasteiger partial charge in [-0.1, -0.05) is 25.1 Å². The first kappa shape index (κ1) is 18.2. The number of anilines is 1. The number of hydrogen-bond acceptors (Lipinski definition) is 6. The average molecular weight is 417 g/mol. The van der Waals surface area contributed by atoms with E-state index in [-0.39, 0.29) is 16.6 Å². The molecule has 1 aliphatic rings.